The second kappa shape index (κ2) is 7.73. The van der Waals surface area contributed by atoms with Crippen molar-refractivity contribution in [2.24, 2.45) is 0 Å². The van der Waals surface area contributed by atoms with Crippen molar-refractivity contribution in [3.8, 4) is 11.1 Å². The summed E-state index contributed by atoms with van der Waals surface area (Å²) >= 11 is 0. The van der Waals surface area contributed by atoms with Crippen molar-refractivity contribution in [2.45, 2.75) is 18.9 Å². The van der Waals surface area contributed by atoms with Gasteiger partial charge in [0.1, 0.15) is 12.7 Å². The van der Waals surface area contributed by atoms with Crippen LogP contribution >= 0.6 is 0 Å². The van der Waals surface area contributed by atoms with Crippen LogP contribution in [-0.4, -0.2) is 35.5 Å². The average molecular weight is 300 g/mol. The SMILES string of the molecule is C[C@@H](C(=O)OC[C@@H](O)CO)c1ccc(-c2ccccc2)cc1. The van der Waals surface area contributed by atoms with Crippen molar-refractivity contribution in [1.29, 1.82) is 0 Å². The van der Waals surface area contributed by atoms with E-state index in [9.17, 15) is 9.90 Å². The van der Waals surface area contributed by atoms with E-state index in [0.717, 1.165) is 16.7 Å². The molecule has 0 heterocycles. The van der Waals surface area contributed by atoms with Crippen LogP contribution in [0.2, 0.25) is 0 Å². The summed E-state index contributed by atoms with van der Waals surface area (Å²) in [6.45, 7) is 1.14. The summed E-state index contributed by atoms with van der Waals surface area (Å²) in [6.07, 6.45) is -1.03. The molecule has 2 aromatic rings. The maximum atomic E-state index is 11.9. The fourth-order valence-corrected chi connectivity index (χ4v) is 2.09. The Kier molecular flexibility index (Phi) is 5.69. The van der Waals surface area contributed by atoms with Crippen molar-refractivity contribution in [3.63, 3.8) is 0 Å². The minimum absolute atomic E-state index is 0.193. The molecule has 0 unspecified atom stereocenters. The van der Waals surface area contributed by atoms with Gasteiger partial charge >= 0.3 is 5.97 Å². The normalized spacial score (nSPS) is 13.4. The lowest BCUT2D eigenvalue weighted by molar-refractivity contribution is -0.148. The zero-order valence-corrected chi connectivity index (χ0v) is 12.5. The van der Waals surface area contributed by atoms with Crippen molar-refractivity contribution in [3.05, 3.63) is 60.2 Å². The highest BCUT2D eigenvalue weighted by molar-refractivity contribution is 5.78. The third-order valence-electron chi connectivity index (χ3n) is 3.50. The van der Waals surface area contributed by atoms with E-state index in [1.54, 1.807) is 6.92 Å². The van der Waals surface area contributed by atoms with Gasteiger partial charge < -0.3 is 14.9 Å². The van der Waals surface area contributed by atoms with Crippen LogP contribution < -0.4 is 0 Å². The van der Waals surface area contributed by atoms with Gasteiger partial charge in [-0.15, -0.1) is 0 Å². The lowest BCUT2D eigenvalue weighted by Gasteiger charge is -2.14. The number of benzene rings is 2. The van der Waals surface area contributed by atoms with Crippen molar-refractivity contribution in [1.82, 2.24) is 0 Å². The Bertz CT molecular complexity index is 592. The van der Waals surface area contributed by atoms with E-state index in [2.05, 4.69) is 0 Å². The second-order valence-corrected chi connectivity index (χ2v) is 5.18. The lowest BCUT2D eigenvalue weighted by atomic mass is 9.97. The van der Waals surface area contributed by atoms with E-state index in [-0.39, 0.29) is 6.61 Å². The fourth-order valence-electron chi connectivity index (χ4n) is 2.09. The van der Waals surface area contributed by atoms with Crippen LogP contribution in [0.15, 0.2) is 54.6 Å². The van der Waals surface area contributed by atoms with Gasteiger partial charge in [0.15, 0.2) is 0 Å². The van der Waals surface area contributed by atoms with Crippen LogP contribution in [-0.2, 0) is 9.53 Å². The molecule has 0 saturated heterocycles. The Hall–Kier alpha value is -2.17. The summed E-state index contributed by atoms with van der Waals surface area (Å²) in [7, 11) is 0. The molecule has 116 valence electrons. The third-order valence-corrected chi connectivity index (χ3v) is 3.50. The first-order valence-electron chi connectivity index (χ1n) is 7.22. The Morgan fingerprint density at radius 1 is 1.05 bits per heavy atom. The predicted molar refractivity (Wildman–Crippen MR) is 84.3 cm³/mol. The molecule has 0 aliphatic heterocycles. The summed E-state index contributed by atoms with van der Waals surface area (Å²) < 4.78 is 4.98. The molecule has 0 radical (unpaired) electrons. The van der Waals surface area contributed by atoms with Gasteiger partial charge in [-0.3, -0.25) is 4.79 Å². The smallest absolute Gasteiger partial charge is 0.313 e. The maximum Gasteiger partial charge on any atom is 0.313 e. The molecule has 0 saturated carbocycles. The molecule has 2 rings (SSSR count). The first-order chi connectivity index (χ1) is 10.6. The zero-order chi connectivity index (χ0) is 15.9. The molecule has 0 aliphatic rings. The number of esters is 1. The molecule has 2 atom stereocenters. The summed E-state index contributed by atoms with van der Waals surface area (Å²) in [6, 6.07) is 17.7. The van der Waals surface area contributed by atoms with Gasteiger partial charge in [0.2, 0.25) is 0 Å². The zero-order valence-electron chi connectivity index (χ0n) is 12.5. The number of hydrogen-bond donors (Lipinski definition) is 2. The fraction of sp³-hybridized carbons (Fsp3) is 0.278. The number of hydrogen-bond acceptors (Lipinski definition) is 4. The van der Waals surface area contributed by atoms with Crippen LogP contribution in [0.3, 0.4) is 0 Å². The number of carbonyl (C=O) groups is 1. The van der Waals surface area contributed by atoms with Gasteiger partial charge in [0.05, 0.1) is 12.5 Å². The van der Waals surface area contributed by atoms with Crippen molar-refractivity contribution in [2.75, 3.05) is 13.2 Å². The largest absolute Gasteiger partial charge is 0.462 e. The maximum absolute atomic E-state index is 11.9. The highest BCUT2D eigenvalue weighted by atomic mass is 16.5. The predicted octanol–water partition coefficient (Wildman–Crippen LogP) is 2.35. The minimum atomic E-state index is -1.03. The van der Waals surface area contributed by atoms with Crippen LogP contribution in [0, 0.1) is 0 Å². The summed E-state index contributed by atoms with van der Waals surface area (Å²) in [5.41, 5.74) is 3.05. The van der Waals surface area contributed by atoms with E-state index in [0.29, 0.717) is 0 Å². The molecule has 2 aromatic carbocycles. The topological polar surface area (TPSA) is 66.8 Å². The lowest BCUT2D eigenvalue weighted by Crippen LogP contribution is -2.24. The molecule has 22 heavy (non-hydrogen) atoms. The number of rotatable bonds is 6. The highest BCUT2D eigenvalue weighted by Crippen LogP contribution is 2.23. The summed E-state index contributed by atoms with van der Waals surface area (Å²) in [5, 5.41) is 17.9. The first-order valence-corrected chi connectivity index (χ1v) is 7.22. The minimum Gasteiger partial charge on any atom is -0.462 e. The van der Waals surface area contributed by atoms with Gasteiger partial charge in [-0.05, 0) is 23.6 Å². The van der Waals surface area contributed by atoms with Gasteiger partial charge in [-0.2, -0.15) is 0 Å². The molecule has 4 nitrogen and oxygen atoms in total. The summed E-state index contributed by atoms with van der Waals surface area (Å²) in [5.74, 6) is -0.837. The monoisotopic (exact) mass is 300 g/mol. The molecule has 2 N–H and O–H groups in total. The van der Waals surface area contributed by atoms with Crippen LogP contribution in [0.4, 0.5) is 0 Å². The van der Waals surface area contributed by atoms with Gasteiger partial charge in [-0.25, -0.2) is 0 Å². The van der Waals surface area contributed by atoms with E-state index in [1.807, 2.05) is 54.6 Å². The Morgan fingerprint density at radius 2 is 1.64 bits per heavy atom. The van der Waals surface area contributed by atoms with E-state index in [4.69, 9.17) is 9.84 Å². The molecule has 0 fully saturated rings. The van der Waals surface area contributed by atoms with E-state index in [1.165, 1.54) is 0 Å². The Morgan fingerprint density at radius 3 is 2.23 bits per heavy atom. The molecule has 0 aromatic heterocycles. The third kappa shape index (κ3) is 4.16. The van der Waals surface area contributed by atoms with Crippen LogP contribution in [0.25, 0.3) is 11.1 Å². The Balaban J connectivity index is 2.02. The van der Waals surface area contributed by atoms with E-state index >= 15 is 0 Å². The standard InChI is InChI=1S/C18H20O4/c1-13(18(21)22-12-17(20)11-19)14-7-9-16(10-8-14)15-5-3-2-4-6-15/h2-10,13,17,19-20H,11-12H2,1H3/t13-,17+/m1/s1. The number of ether oxygens (including phenoxy) is 1. The molecule has 4 heteroatoms. The number of aliphatic hydroxyl groups excluding tert-OH is 2. The molecule has 0 bridgehead atoms. The number of carbonyl (C=O) groups excluding carboxylic acids is 1. The quantitative estimate of drug-likeness (QED) is 0.804. The highest BCUT2D eigenvalue weighted by Gasteiger charge is 2.18. The van der Waals surface area contributed by atoms with Crippen molar-refractivity contribution < 1.29 is 19.7 Å². The van der Waals surface area contributed by atoms with Crippen LogP contribution in [0.1, 0.15) is 18.4 Å². The molecule has 0 amide bonds. The van der Waals surface area contributed by atoms with Crippen molar-refractivity contribution >= 4 is 5.97 Å². The van der Waals surface area contributed by atoms with Gasteiger partial charge in [0, 0.05) is 0 Å². The molecule has 0 spiro atoms. The van der Waals surface area contributed by atoms with Gasteiger partial charge in [0.25, 0.3) is 0 Å². The van der Waals surface area contributed by atoms with Gasteiger partial charge in [-0.1, -0.05) is 54.6 Å². The molecule has 0 aliphatic carbocycles. The second-order valence-electron chi connectivity index (χ2n) is 5.18. The summed E-state index contributed by atoms with van der Waals surface area (Å²) in [4.78, 5) is 11.9. The molecular formula is C18H20O4. The average Bonchev–Trinajstić information content (AvgIpc) is 2.59. The Labute approximate surface area is 130 Å². The van der Waals surface area contributed by atoms with Crippen LogP contribution in [0.5, 0.6) is 0 Å². The molecular weight excluding hydrogens is 280 g/mol. The van der Waals surface area contributed by atoms with E-state index < -0.39 is 24.6 Å². The first kappa shape index (κ1) is 16.2. The number of aliphatic hydroxyl groups is 2.